The summed E-state index contributed by atoms with van der Waals surface area (Å²) < 4.78 is 5.80. The van der Waals surface area contributed by atoms with Crippen molar-refractivity contribution in [1.29, 1.82) is 0 Å². The Bertz CT molecular complexity index is 366. The first-order chi connectivity index (χ1) is 8.88. The third-order valence-electron chi connectivity index (χ3n) is 3.02. The van der Waals surface area contributed by atoms with E-state index in [0.29, 0.717) is 5.92 Å². The van der Waals surface area contributed by atoms with Gasteiger partial charge in [-0.15, -0.1) is 0 Å². The Hall–Kier alpha value is -1.02. The van der Waals surface area contributed by atoms with E-state index < -0.39 is 0 Å². The predicted octanol–water partition coefficient (Wildman–Crippen LogP) is 4.36. The molecule has 0 amide bonds. The molecule has 108 valence electrons. The minimum atomic E-state index is 0.215. The molecule has 1 rings (SSSR count). The lowest BCUT2D eigenvalue weighted by atomic mass is 10.0. The standard InChI is InChI=1S/C17H29NO/c1-14(2)15-9-8-10-16(13-15)19-12-7-6-11-18-17(3,4)5/h8-10,13-14,18H,6-7,11-12H2,1-5H3. The third-order valence-corrected chi connectivity index (χ3v) is 3.02. The Labute approximate surface area is 118 Å². The van der Waals surface area contributed by atoms with Crippen LogP contribution in [0.4, 0.5) is 0 Å². The van der Waals surface area contributed by atoms with E-state index in [4.69, 9.17) is 4.74 Å². The van der Waals surface area contributed by atoms with Crippen molar-refractivity contribution in [3.63, 3.8) is 0 Å². The molecule has 0 aliphatic carbocycles. The fourth-order valence-corrected chi connectivity index (χ4v) is 1.84. The van der Waals surface area contributed by atoms with Gasteiger partial charge in [-0.05, 0) is 63.8 Å². The van der Waals surface area contributed by atoms with E-state index in [1.165, 1.54) is 5.56 Å². The molecule has 1 aromatic carbocycles. The topological polar surface area (TPSA) is 21.3 Å². The molecule has 0 bridgehead atoms. The average Bonchev–Trinajstić information content (AvgIpc) is 2.32. The van der Waals surface area contributed by atoms with Gasteiger partial charge in [0.25, 0.3) is 0 Å². The first kappa shape index (κ1) is 16.0. The molecular formula is C17H29NO. The molecule has 0 saturated carbocycles. The molecule has 0 aromatic heterocycles. The second-order valence-electron chi connectivity index (χ2n) is 6.46. The number of benzene rings is 1. The van der Waals surface area contributed by atoms with Gasteiger partial charge in [0.05, 0.1) is 6.61 Å². The molecule has 0 aliphatic heterocycles. The summed E-state index contributed by atoms with van der Waals surface area (Å²) >= 11 is 0. The summed E-state index contributed by atoms with van der Waals surface area (Å²) in [6, 6.07) is 8.42. The highest BCUT2D eigenvalue weighted by molar-refractivity contribution is 5.30. The van der Waals surface area contributed by atoms with Crippen molar-refractivity contribution in [2.45, 2.75) is 58.9 Å². The molecule has 0 saturated heterocycles. The first-order valence-electron chi connectivity index (χ1n) is 7.36. The zero-order chi connectivity index (χ0) is 14.3. The number of nitrogens with one attached hydrogen (secondary N) is 1. The largest absolute Gasteiger partial charge is 0.494 e. The molecule has 0 unspecified atom stereocenters. The Kier molecular flexibility index (Phi) is 6.36. The highest BCUT2D eigenvalue weighted by atomic mass is 16.5. The van der Waals surface area contributed by atoms with Crippen molar-refractivity contribution < 1.29 is 4.74 Å². The van der Waals surface area contributed by atoms with Gasteiger partial charge < -0.3 is 10.1 Å². The van der Waals surface area contributed by atoms with Crippen molar-refractivity contribution >= 4 is 0 Å². The first-order valence-corrected chi connectivity index (χ1v) is 7.36. The fraction of sp³-hybridized carbons (Fsp3) is 0.647. The number of rotatable bonds is 7. The minimum absolute atomic E-state index is 0.215. The van der Waals surface area contributed by atoms with Crippen LogP contribution < -0.4 is 10.1 Å². The normalized spacial score (nSPS) is 11.9. The summed E-state index contributed by atoms with van der Waals surface area (Å²) in [5, 5.41) is 3.49. The molecule has 0 spiro atoms. The van der Waals surface area contributed by atoms with Crippen LogP contribution in [0, 0.1) is 0 Å². The van der Waals surface area contributed by atoms with E-state index >= 15 is 0 Å². The smallest absolute Gasteiger partial charge is 0.119 e. The highest BCUT2D eigenvalue weighted by Crippen LogP contribution is 2.20. The van der Waals surface area contributed by atoms with Gasteiger partial charge in [-0.1, -0.05) is 26.0 Å². The second-order valence-corrected chi connectivity index (χ2v) is 6.46. The molecule has 0 aliphatic rings. The predicted molar refractivity (Wildman–Crippen MR) is 83.0 cm³/mol. The quantitative estimate of drug-likeness (QED) is 0.738. The number of ether oxygens (including phenoxy) is 1. The van der Waals surface area contributed by atoms with E-state index in [2.05, 4.69) is 58.1 Å². The van der Waals surface area contributed by atoms with E-state index in [0.717, 1.165) is 31.7 Å². The SMILES string of the molecule is CC(C)c1cccc(OCCCCNC(C)(C)C)c1. The number of hydrogen-bond donors (Lipinski definition) is 1. The Morgan fingerprint density at radius 1 is 1.16 bits per heavy atom. The lowest BCUT2D eigenvalue weighted by Gasteiger charge is -2.20. The molecule has 1 aromatic rings. The zero-order valence-corrected chi connectivity index (χ0v) is 13.1. The van der Waals surface area contributed by atoms with Gasteiger partial charge in [-0.3, -0.25) is 0 Å². The lowest BCUT2D eigenvalue weighted by molar-refractivity contribution is 0.301. The van der Waals surface area contributed by atoms with E-state index in [-0.39, 0.29) is 5.54 Å². The minimum Gasteiger partial charge on any atom is -0.494 e. The van der Waals surface area contributed by atoms with Crippen molar-refractivity contribution in [3.05, 3.63) is 29.8 Å². The maximum Gasteiger partial charge on any atom is 0.119 e. The van der Waals surface area contributed by atoms with Crippen LogP contribution in [-0.2, 0) is 0 Å². The summed E-state index contributed by atoms with van der Waals surface area (Å²) in [5.41, 5.74) is 1.55. The molecule has 0 radical (unpaired) electrons. The lowest BCUT2D eigenvalue weighted by Crippen LogP contribution is -2.36. The second kappa shape index (κ2) is 7.54. The van der Waals surface area contributed by atoms with E-state index in [1.54, 1.807) is 0 Å². The Morgan fingerprint density at radius 2 is 1.89 bits per heavy atom. The van der Waals surface area contributed by atoms with Gasteiger partial charge in [0, 0.05) is 5.54 Å². The molecule has 2 heteroatoms. The molecular weight excluding hydrogens is 234 g/mol. The zero-order valence-electron chi connectivity index (χ0n) is 13.1. The number of hydrogen-bond acceptors (Lipinski definition) is 2. The van der Waals surface area contributed by atoms with Gasteiger partial charge in [-0.25, -0.2) is 0 Å². The summed E-state index contributed by atoms with van der Waals surface area (Å²) in [5.74, 6) is 1.55. The van der Waals surface area contributed by atoms with Crippen LogP contribution in [0.25, 0.3) is 0 Å². The molecule has 1 N–H and O–H groups in total. The molecule has 19 heavy (non-hydrogen) atoms. The van der Waals surface area contributed by atoms with E-state index in [1.807, 2.05) is 6.07 Å². The van der Waals surface area contributed by atoms with Crippen LogP contribution in [0.5, 0.6) is 5.75 Å². The van der Waals surface area contributed by atoms with Crippen molar-refractivity contribution in [1.82, 2.24) is 5.32 Å². The molecule has 0 atom stereocenters. The summed E-state index contributed by atoms with van der Waals surface area (Å²) in [6.45, 7) is 12.9. The fourth-order valence-electron chi connectivity index (χ4n) is 1.84. The average molecular weight is 263 g/mol. The van der Waals surface area contributed by atoms with Crippen LogP contribution in [0.1, 0.15) is 58.9 Å². The Balaban J connectivity index is 2.21. The van der Waals surface area contributed by atoms with E-state index in [9.17, 15) is 0 Å². The van der Waals surface area contributed by atoms with Crippen molar-refractivity contribution in [2.24, 2.45) is 0 Å². The maximum absolute atomic E-state index is 5.80. The van der Waals surface area contributed by atoms with Crippen LogP contribution in [0.15, 0.2) is 24.3 Å². The van der Waals surface area contributed by atoms with Gasteiger partial charge in [0.1, 0.15) is 5.75 Å². The van der Waals surface area contributed by atoms with Gasteiger partial charge >= 0.3 is 0 Å². The molecule has 2 nitrogen and oxygen atoms in total. The summed E-state index contributed by atoms with van der Waals surface area (Å²) in [4.78, 5) is 0. The Morgan fingerprint density at radius 3 is 2.53 bits per heavy atom. The van der Waals surface area contributed by atoms with Crippen LogP contribution in [0.2, 0.25) is 0 Å². The summed E-state index contributed by atoms with van der Waals surface area (Å²) in [6.07, 6.45) is 2.25. The van der Waals surface area contributed by atoms with Crippen molar-refractivity contribution in [2.75, 3.05) is 13.2 Å². The summed E-state index contributed by atoms with van der Waals surface area (Å²) in [7, 11) is 0. The molecule has 0 heterocycles. The number of unbranched alkanes of at least 4 members (excludes halogenated alkanes) is 1. The van der Waals surface area contributed by atoms with Crippen molar-refractivity contribution in [3.8, 4) is 5.75 Å². The molecule has 0 fully saturated rings. The van der Waals surface area contributed by atoms with Crippen LogP contribution in [-0.4, -0.2) is 18.7 Å². The van der Waals surface area contributed by atoms with Gasteiger partial charge in [0.15, 0.2) is 0 Å². The van der Waals surface area contributed by atoms with Gasteiger partial charge in [0.2, 0.25) is 0 Å². The maximum atomic E-state index is 5.80. The van der Waals surface area contributed by atoms with Crippen LogP contribution >= 0.6 is 0 Å². The van der Waals surface area contributed by atoms with Gasteiger partial charge in [-0.2, -0.15) is 0 Å². The highest BCUT2D eigenvalue weighted by Gasteiger charge is 2.07. The third kappa shape index (κ3) is 7.22. The van der Waals surface area contributed by atoms with Crippen LogP contribution in [0.3, 0.4) is 0 Å². The monoisotopic (exact) mass is 263 g/mol.